The molecule has 1 heterocycles. The fourth-order valence-corrected chi connectivity index (χ4v) is 2.43. The summed E-state index contributed by atoms with van der Waals surface area (Å²) in [6, 6.07) is 0.102. The predicted octanol–water partition coefficient (Wildman–Crippen LogP) is 1.64. The molecule has 2 rings (SSSR count). The molecule has 19 heavy (non-hydrogen) atoms. The van der Waals surface area contributed by atoms with Crippen LogP contribution < -0.4 is 5.32 Å². The summed E-state index contributed by atoms with van der Waals surface area (Å²) in [5, 5.41) is 17.6. The number of nitro groups is 1. The van der Waals surface area contributed by atoms with Gasteiger partial charge in [0, 0.05) is 13.1 Å². The Morgan fingerprint density at radius 1 is 1.47 bits per heavy atom. The van der Waals surface area contributed by atoms with Gasteiger partial charge in [-0.1, -0.05) is 6.92 Å². The van der Waals surface area contributed by atoms with Gasteiger partial charge in [-0.2, -0.15) is 5.10 Å². The number of aryl methyl sites for hydroxylation is 1. The minimum atomic E-state index is -0.579. The highest BCUT2D eigenvalue weighted by molar-refractivity contribution is 5.96. The van der Waals surface area contributed by atoms with Crippen LogP contribution in [0.4, 0.5) is 5.69 Å². The van der Waals surface area contributed by atoms with Gasteiger partial charge in [0.2, 0.25) is 5.69 Å². The number of carbonyl (C=O) groups excluding carboxylic acids is 1. The van der Waals surface area contributed by atoms with Crippen molar-refractivity contribution in [3.8, 4) is 0 Å². The van der Waals surface area contributed by atoms with Crippen LogP contribution in [-0.2, 0) is 7.05 Å². The van der Waals surface area contributed by atoms with Gasteiger partial charge in [0.25, 0.3) is 5.91 Å². The van der Waals surface area contributed by atoms with E-state index in [0.717, 1.165) is 25.7 Å². The monoisotopic (exact) mass is 266 g/mol. The van der Waals surface area contributed by atoms with Crippen molar-refractivity contribution < 1.29 is 9.72 Å². The van der Waals surface area contributed by atoms with Crippen molar-refractivity contribution in [1.82, 2.24) is 15.1 Å². The topological polar surface area (TPSA) is 90.1 Å². The second kappa shape index (κ2) is 5.38. The van der Waals surface area contributed by atoms with Crippen LogP contribution in [0.15, 0.2) is 6.20 Å². The predicted molar refractivity (Wildman–Crippen MR) is 68.7 cm³/mol. The van der Waals surface area contributed by atoms with Crippen LogP contribution >= 0.6 is 0 Å². The first-order chi connectivity index (χ1) is 8.97. The molecule has 0 atom stereocenters. The third kappa shape index (κ3) is 3.10. The average molecular weight is 266 g/mol. The second-order valence-electron chi connectivity index (χ2n) is 5.22. The molecule has 1 N–H and O–H groups in total. The Morgan fingerprint density at radius 3 is 2.68 bits per heavy atom. The Labute approximate surface area is 111 Å². The Hall–Kier alpha value is -1.92. The Kier molecular flexibility index (Phi) is 3.82. The molecular formula is C12H18N4O3. The first-order valence-corrected chi connectivity index (χ1v) is 6.46. The van der Waals surface area contributed by atoms with Crippen molar-refractivity contribution in [3.05, 3.63) is 22.0 Å². The van der Waals surface area contributed by atoms with Crippen LogP contribution in [0.3, 0.4) is 0 Å². The molecule has 1 aromatic rings. The molecule has 1 aromatic heterocycles. The highest BCUT2D eigenvalue weighted by atomic mass is 16.6. The van der Waals surface area contributed by atoms with Crippen molar-refractivity contribution in [2.45, 2.75) is 38.6 Å². The number of hydrogen-bond donors (Lipinski definition) is 1. The van der Waals surface area contributed by atoms with Crippen molar-refractivity contribution in [1.29, 1.82) is 0 Å². The number of aromatic nitrogens is 2. The van der Waals surface area contributed by atoms with Crippen LogP contribution in [0.1, 0.15) is 43.1 Å². The highest BCUT2D eigenvalue weighted by Crippen LogP contribution is 2.24. The lowest BCUT2D eigenvalue weighted by molar-refractivity contribution is -0.385. The average Bonchev–Trinajstić information content (AvgIpc) is 2.74. The van der Waals surface area contributed by atoms with E-state index in [4.69, 9.17) is 0 Å². The molecule has 7 heteroatoms. The zero-order valence-corrected chi connectivity index (χ0v) is 11.1. The second-order valence-corrected chi connectivity index (χ2v) is 5.22. The van der Waals surface area contributed by atoms with Crippen molar-refractivity contribution in [2.75, 3.05) is 0 Å². The zero-order chi connectivity index (χ0) is 14.0. The summed E-state index contributed by atoms with van der Waals surface area (Å²) in [5.41, 5.74) is -0.352. The van der Waals surface area contributed by atoms with Crippen LogP contribution in [0.5, 0.6) is 0 Å². The van der Waals surface area contributed by atoms with E-state index in [2.05, 4.69) is 17.3 Å². The summed E-state index contributed by atoms with van der Waals surface area (Å²) in [4.78, 5) is 22.3. The van der Waals surface area contributed by atoms with Crippen molar-refractivity contribution in [2.24, 2.45) is 13.0 Å². The number of amides is 1. The van der Waals surface area contributed by atoms with Crippen molar-refractivity contribution >= 4 is 11.6 Å². The Balaban J connectivity index is 2.06. The molecule has 0 aliphatic heterocycles. The van der Waals surface area contributed by atoms with Crippen LogP contribution in [0, 0.1) is 16.0 Å². The fraction of sp³-hybridized carbons (Fsp3) is 0.667. The van der Waals surface area contributed by atoms with Gasteiger partial charge >= 0.3 is 5.69 Å². The van der Waals surface area contributed by atoms with E-state index in [9.17, 15) is 14.9 Å². The molecule has 0 unspecified atom stereocenters. The highest BCUT2D eigenvalue weighted by Gasteiger charge is 2.27. The summed E-state index contributed by atoms with van der Waals surface area (Å²) in [5.74, 6) is 0.240. The van der Waals surface area contributed by atoms with Gasteiger partial charge in [0.15, 0.2) is 0 Å². The maximum atomic E-state index is 12.0. The number of nitrogens with one attached hydrogen (secondary N) is 1. The minimum absolute atomic E-state index is 0.102. The molecule has 0 saturated heterocycles. The Morgan fingerprint density at radius 2 is 2.11 bits per heavy atom. The summed E-state index contributed by atoms with van der Waals surface area (Å²) < 4.78 is 1.29. The van der Waals surface area contributed by atoms with Gasteiger partial charge in [-0.25, -0.2) is 0 Å². The van der Waals surface area contributed by atoms with Gasteiger partial charge < -0.3 is 5.32 Å². The number of rotatable bonds is 3. The lowest BCUT2D eigenvalue weighted by Gasteiger charge is -2.26. The standard InChI is InChI=1S/C12H18N4O3/c1-8-3-5-9(6-4-8)13-12(17)11-10(16(18)19)7-15(2)14-11/h7-9H,3-6H2,1-2H3,(H,13,17). The smallest absolute Gasteiger partial charge is 0.320 e. The third-order valence-electron chi connectivity index (χ3n) is 3.57. The number of carbonyl (C=O) groups is 1. The first kappa shape index (κ1) is 13.5. The molecule has 0 bridgehead atoms. The molecule has 7 nitrogen and oxygen atoms in total. The van der Waals surface area contributed by atoms with E-state index in [1.54, 1.807) is 7.05 Å². The summed E-state index contributed by atoms with van der Waals surface area (Å²) in [6.45, 7) is 2.20. The largest absolute Gasteiger partial charge is 0.348 e. The molecule has 1 saturated carbocycles. The minimum Gasteiger partial charge on any atom is -0.348 e. The van der Waals surface area contributed by atoms with Crippen molar-refractivity contribution in [3.63, 3.8) is 0 Å². The number of nitrogens with zero attached hydrogens (tertiary/aromatic N) is 3. The Bertz CT molecular complexity index is 489. The van der Waals surface area contributed by atoms with Gasteiger partial charge in [-0.05, 0) is 31.6 Å². The van der Waals surface area contributed by atoms with Gasteiger partial charge in [0.05, 0.1) is 4.92 Å². The first-order valence-electron chi connectivity index (χ1n) is 6.46. The maximum Gasteiger partial charge on any atom is 0.320 e. The van der Waals surface area contributed by atoms with Crippen LogP contribution in [0.2, 0.25) is 0 Å². The van der Waals surface area contributed by atoms with Gasteiger partial charge in [-0.3, -0.25) is 19.6 Å². The van der Waals surface area contributed by atoms with E-state index >= 15 is 0 Å². The SMILES string of the molecule is CC1CCC(NC(=O)c2nn(C)cc2[N+](=O)[O-])CC1. The summed E-state index contributed by atoms with van der Waals surface area (Å²) >= 11 is 0. The molecule has 0 spiro atoms. The molecule has 1 aliphatic rings. The normalized spacial score (nSPS) is 23.1. The molecule has 104 valence electrons. The number of hydrogen-bond acceptors (Lipinski definition) is 4. The van der Waals surface area contributed by atoms with Crippen LogP contribution in [0.25, 0.3) is 0 Å². The third-order valence-corrected chi connectivity index (χ3v) is 3.57. The quantitative estimate of drug-likeness (QED) is 0.665. The molecule has 1 amide bonds. The molecule has 1 aliphatic carbocycles. The zero-order valence-electron chi connectivity index (χ0n) is 11.1. The summed E-state index contributed by atoms with van der Waals surface area (Å²) in [7, 11) is 1.56. The maximum absolute atomic E-state index is 12.0. The van der Waals surface area contributed by atoms with Crippen LogP contribution in [-0.4, -0.2) is 26.7 Å². The molecule has 0 radical (unpaired) electrons. The molecule has 0 aromatic carbocycles. The molecule has 1 fully saturated rings. The van der Waals surface area contributed by atoms with Gasteiger partial charge in [0.1, 0.15) is 6.20 Å². The van der Waals surface area contributed by atoms with E-state index in [1.165, 1.54) is 10.9 Å². The molecular weight excluding hydrogens is 248 g/mol. The van der Waals surface area contributed by atoms with E-state index in [0.29, 0.717) is 5.92 Å². The fourth-order valence-electron chi connectivity index (χ4n) is 2.43. The van der Waals surface area contributed by atoms with E-state index in [1.807, 2.05) is 0 Å². The van der Waals surface area contributed by atoms with E-state index in [-0.39, 0.29) is 17.4 Å². The van der Waals surface area contributed by atoms with E-state index < -0.39 is 10.8 Å². The lowest BCUT2D eigenvalue weighted by atomic mass is 9.87. The van der Waals surface area contributed by atoms with Gasteiger partial charge in [-0.15, -0.1) is 0 Å². The summed E-state index contributed by atoms with van der Waals surface area (Å²) in [6.07, 6.45) is 5.25. The lowest BCUT2D eigenvalue weighted by Crippen LogP contribution is -2.37.